The van der Waals surface area contributed by atoms with Gasteiger partial charge in [-0.15, -0.1) is 0 Å². The highest BCUT2D eigenvalue weighted by atomic mass is 16.5. The van der Waals surface area contributed by atoms with Crippen LogP contribution >= 0.6 is 0 Å². The summed E-state index contributed by atoms with van der Waals surface area (Å²) in [6.45, 7) is 9.21. The first-order valence-corrected chi connectivity index (χ1v) is 6.14. The van der Waals surface area contributed by atoms with E-state index in [1.54, 1.807) is 7.11 Å². The van der Waals surface area contributed by atoms with Crippen LogP contribution in [0, 0.1) is 6.92 Å². The van der Waals surface area contributed by atoms with Gasteiger partial charge in [-0.25, -0.2) is 0 Å². The van der Waals surface area contributed by atoms with Gasteiger partial charge in [0.05, 0.1) is 11.3 Å². The molecule has 1 aromatic heterocycles. The molecule has 1 heterocycles. The molecule has 96 valence electrons. The summed E-state index contributed by atoms with van der Waals surface area (Å²) in [5.41, 5.74) is 2.08. The Bertz CT molecular complexity index is 350. The SMILES string of the molecule is COC(C)(C)CC(C)NCc1cccc(C)n1. The molecule has 0 spiro atoms. The van der Waals surface area contributed by atoms with Gasteiger partial charge < -0.3 is 10.1 Å². The van der Waals surface area contributed by atoms with Gasteiger partial charge in [-0.1, -0.05) is 6.07 Å². The minimum absolute atomic E-state index is 0.0769. The number of hydrogen-bond donors (Lipinski definition) is 1. The zero-order valence-corrected chi connectivity index (χ0v) is 11.6. The smallest absolute Gasteiger partial charge is 0.0637 e. The standard InChI is InChI=1S/C14H24N2O/c1-11-7-6-8-13(16-11)10-15-12(2)9-14(3,4)17-5/h6-8,12,15H,9-10H2,1-5H3. The van der Waals surface area contributed by atoms with Crippen molar-refractivity contribution in [3.05, 3.63) is 29.6 Å². The topological polar surface area (TPSA) is 34.1 Å². The summed E-state index contributed by atoms with van der Waals surface area (Å²) in [5, 5.41) is 3.47. The first kappa shape index (κ1) is 14.1. The molecule has 0 bridgehead atoms. The quantitative estimate of drug-likeness (QED) is 0.824. The number of aryl methyl sites for hydroxylation is 1. The molecule has 0 saturated heterocycles. The van der Waals surface area contributed by atoms with Gasteiger partial charge in [-0.2, -0.15) is 0 Å². The lowest BCUT2D eigenvalue weighted by Crippen LogP contribution is -2.35. The first-order chi connectivity index (χ1) is 7.93. The third-order valence-electron chi connectivity index (χ3n) is 2.93. The zero-order valence-electron chi connectivity index (χ0n) is 11.6. The second-order valence-corrected chi connectivity index (χ2v) is 5.22. The molecule has 1 N–H and O–H groups in total. The Labute approximate surface area is 105 Å². The maximum atomic E-state index is 5.42. The van der Waals surface area contributed by atoms with Crippen molar-refractivity contribution in [2.45, 2.75) is 52.3 Å². The van der Waals surface area contributed by atoms with Crippen LogP contribution in [-0.2, 0) is 11.3 Å². The van der Waals surface area contributed by atoms with E-state index in [0.717, 1.165) is 24.4 Å². The molecule has 0 aliphatic heterocycles. The molecule has 17 heavy (non-hydrogen) atoms. The summed E-state index contributed by atoms with van der Waals surface area (Å²) in [6, 6.07) is 6.52. The van der Waals surface area contributed by atoms with Crippen LogP contribution < -0.4 is 5.32 Å². The molecule has 0 amide bonds. The molecule has 1 atom stereocenters. The predicted molar refractivity (Wildman–Crippen MR) is 71.0 cm³/mol. The first-order valence-electron chi connectivity index (χ1n) is 6.14. The number of aromatic nitrogens is 1. The van der Waals surface area contributed by atoms with Gasteiger partial charge in [0.25, 0.3) is 0 Å². The normalized spacial score (nSPS) is 13.7. The van der Waals surface area contributed by atoms with Crippen molar-refractivity contribution >= 4 is 0 Å². The molecule has 0 aromatic carbocycles. The lowest BCUT2D eigenvalue weighted by Gasteiger charge is -2.27. The van der Waals surface area contributed by atoms with Crippen molar-refractivity contribution in [1.29, 1.82) is 0 Å². The van der Waals surface area contributed by atoms with Crippen molar-refractivity contribution in [2.24, 2.45) is 0 Å². The number of rotatable bonds is 6. The molecule has 1 aromatic rings. The van der Waals surface area contributed by atoms with Crippen molar-refractivity contribution in [1.82, 2.24) is 10.3 Å². The number of methoxy groups -OCH3 is 1. The average Bonchev–Trinajstić information content (AvgIpc) is 2.26. The van der Waals surface area contributed by atoms with E-state index in [0.29, 0.717) is 6.04 Å². The van der Waals surface area contributed by atoms with E-state index in [4.69, 9.17) is 4.74 Å². The fraction of sp³-hybridized carbons (Fsp3) is 0.643. The van der Waals surface area contributed by atoms with Crippen LogP contribution in [0.1, 0.15) is 38.6 Å². The fourth-order valence-electron chi connectivity index (χ4n) is 1.87. The molecular formula is C14H24N2O. The Hall–Kier alpha value is -0.930. The van der Waals surface area contributed by atoms with Gasteiger partial charge >= 0.3 is 0 Å². The zero-order chi connectivity index (χ0) is 12.9. The minimum atomic E-state index is -0.0769. The van der Waals surface area contributed by atoms with Crippen LogP contribution in [-0.4, -0.2) is 23.7 Å². The van der Waals surface area contributed by atoms with Gasteiger partial charge in [-0.05, 0) is 46.2 Å². The Morgan fingerprint density at radius 2 is 2.12 bits per heavy atom. The molecule has 0 fully saturated rings. The Morgan fingerprint density at radius 3 is 2.71 bits per heavy atom. The summed E-state index contributed by atoms with van der Waals surface area (Å²) >= 11 is 0. The van der Waals surface area contributed by atoms with E-state index >= 15 is 0 Å². The van der Waals surface area contributed by atoms with Crippen LogP contribution in [0.2, 0.25) is 0 Å². The van der Waals surface area contributed by atoms with Crippen LogP contribution in [0.4, 0.5) is 0 Å². The maximum absolute atomic E-state index is 5.42. The molecule has 0 saturated carbocycles. The second-order valence-electron chi connectivity index (χ2n) is 5.22. The molecule has 0 radical (unpaired) electrons. The van der Waals surface area contributed by atoms with Crippen molar-refractivity contribution < 1.29 is 4.74 Å². The summed E-state index contributed by atoms with van der Waals surface area (Å²) in [7, 11) is 1.76. The second kappa shape index (κ2) is 6.12. The van der Waals surface area contributed by atoms with Crippen molar-refractivity contribution in [2.75, 3.05) is 7.11 Å². The van der Waals surface area contributed by atoms with Gasteiger partial charge in [0.2, 0.25) is 0 Å². The molecular weight excluding hydrogens is 212 g/mol. The molecule has 3 nitrogen and oxygen atoms in total. The van der Waals surface area contributed by atoms with E-state index in [1.807, 2.05) is 25.1 Å². The van der Waals surface area contributed by atoms with Crippen LogP contribution in [0.3, 0.4) is 0 Å². The summed E-state index contributed by atoms with van der Waals surface area (Å²) < 4.78 is 5.42. The van der Waals surface area contributed by atoms with Crippen molar-refractivity contribution in [3.8, 4) is 0 Å². The molecule has 1 rings (SSSR count). The Balaban J connectivity index is 2.40. The number of nitrogens with one attached hydrogen (secondary N) is 1. The molecule has 0 aliphatic rings. The van der Waals surface area contributed by atoms with Gasteiger partial charge in [0.1, 0.15) is 0 Å². The lowest BCUT2D eigenvalue weighted by atomic mass is 10.00. The molecule has 3 heteroatoms. The third-order valence-corrected chi connectivity index (χ3v) is 2.93. The average molecular weight is 236 g/mol. The van der Waals surface area contributed by atoms with E-state index < -0.39 is 0 Å². The van der Waals surface area contributed by atoms with Gasteiger partial charge in [0, 0.05) is 25.4 Å². The third kappa shape index (κ3) is 5.29. The van der Waals surface area contributed by atoms with Crippen LogP contribution in [0.15, 0.2) is 18.2 Å². The van der Waals surface area contributed by atoms with Crippen LogP contribution in [0.5, 0.6) is 0 Å². The Kier molecular flexibility index (Phi) is 5.09. The van der Waals surface area contributed by atoms with Gasteiger partial charge in [0.15, 0.2) is 0 Å². The van der Waals surface area contributed by atoms with E-state index in [2.05, 4.69) is 31.1 Å². The fourth-order valence-corrected chi connectivity index (χ4v) is 1.87. The molecule has 0 aliphatic carbocycles. The minimum Gasteiger partial charge on any atom is -0.379 e. The lowest BCUT2D eigenvalue weighted by molar-refractivity contribution is 0.00842. The predicted octanol–water partition coefficient (Wildman–Crippen LogP) is 2.68. The summed E-state index contributed by atoms with van der Waals surface area (Å²) in [4.78, 5) is 4.47. The molecule has 1 unspecified atom stereocenters. The van der Waals surface area contributed by atoms with Crippen LogP contribution in [0.25, 0.3) is 0 Å². The van der Waals surface area contributed by atoms with E-state index in [-0.39, 0.29) is 5.60 Å². The summed E-state index contributed by atoms with van der Waals surface area (Å²) in [6.07, 6.45) is 0.981. The maximum Gasteiger partial charge on any atom is 0.0637 e. The van der Waals surface area contributed by atoms with Gasteiger partial charge in [-0.3, -0.25) is 4.98 Å². The number of ether oxygens (including phenoxy) is 1. The number of nitrogens with zero attached hydrogens (tertiary/aromatic N) is 1. The van der Waals surface area contributed by atoms with Crippen molar-refractivity contribution in [3.63, 3.8) is 0 Å². The van der Waals surface area contributed by atoms with E-state index in [9.17, 15) is 0 Å². The van der Waals surface area contributed by atoms with E-state index in [1.165, 1.54) is 0 Å². The largest absolute Gasteiger partial charge is 0.379 e. The highest BCUT2D eigenvalue weighted by Gasteiger charge is 2.19. The highest BCUT2D eigenvalue weighted by Crippen LogP contribution is 2.15. The number of hydrogen-bond acceptors (Lipinski definition) is 3. The summed E-state index contributed by atoms with van der Waals surface area (Å²) in [5.74, 6) is 0. The highest BCUT2D eigenvalue weighted by molar-refractivity contribution is 5.09. The monoisotopic (exact) mass is 236 g/mol. The Morgan fingerprint density at radius 1 is 1.41 bits per heavy atom. The number of pyridine rings is 1.